The Morgan fingerprint density at radius 1 is 1.15 bits per heavy atom. The number of rotatable bonds is 8. The zero-order valence-corrected chi connectivity index (χ0v) is 23.9. The lowest BCUT2D eigenvalue weighted by atomic mass is 9.76. The van der Waals surface area contributed by atoms with E-state index in [4.69, 9.17) is 14.2 Å². The van der Waals surface area contributed by atoms with Crippen LogP contribution in [0.3, 0.4) is 0 Å². The van der Waals surface area contributed by atoms with Gasteiger partial charge in [-0.3, -0.25) is 9.59 Å². The van der Waals surface area contributed by atoms with Crippen molar-refractivity contribution >= 4 is 17.8 Å². The SMILES string of the molecule is COc1ccnc(C(=O)N[C@H]2CCC[C@H](Cc3ccc(C(F)(F)F)cc3)[C@@H](CC(C)C)[C@H](C)OC2=O)c1OC(C)=O. The van der Waals surface area contributed by atoms with Crippen molar-refractivity contribution < 1.29 is 41.8 Å². The Balaban J connectivity index is 1.82. The maximum atomic E-state index is 13.2. The van der Waals surface area contributed by atoms with E-state index in [9.17, 15) is 27.6 Å². The number of esters is 2. The second-order valence-electron chi connectivity index (χ2n) is 10.8. The number of pyridine rings is 1. The standard InChI is InChI=1S/C30H37F3N2O6/c1-17(2)15-23-18(3)40-29(38)24(35-28(37)26-27(41-19(4)36)25(39-5)13-14-34-26)8-6-7-21(23)16-20-9-11-22(12-10-20)30(31,32)33/h9-14,17-18,21,23-24H,6-8,15-16H2,1-5H3,(H,35,37)/t18-,21+,23-,24-/m0/s1. The van der Waals surface area contributed by atoms with Gasteiger partial charge in [-0.2, -0.15) is 13.2 Å². The molecule has 1 N–H and O–H groups in total. The fourth-order valence-electron chi connectivity index (χ4n) is 5.32. The summed E-state index contributed by atoms with van der Waals surface area (Å²) in [5.74, 6) is -1.70. The molecule has 8 nitrogen and oxygen atoms in total. The number of benzene rings is 1. The maximum Gasteiger partial charge on any atom is 0.416 e. The molecule has 0 spiro atoms. The van der Waals surface area contributed by atoms with Gasteiger partial charge in [0.05, 0.1) is 12.7 Å². The Hall–Kier alpha value is -3.63. The van der Waals surface area contributed by atoms with E-state index in [0.29, 0.717) is 25.2 Å². The number of alkyl halides is 3. The minimum atomic E-state index is -4.40. The molecule has 1 aliphatic heterocycles. The van der Waals surface area contributed by atoms with Gasteiger partial charge >= 0.3 is 18.1 Å². The first-order valence-corrected chi connectivity index (χ1v) is 13.7. The highest BCUT2D eigenvalue weighted by Crippen LogP contribution is 2.35. The number of hydrogen-bond donors (Lipinski definition) is 1. The molecule has 0 aliphatic carbocycles. The highest BCUT2D eigenvalue weighted by atomic mass is 19.4. The van der Waals surface area contributed by atoms with E-state index in [1.807, 2.05) is 6.92 Å². The summed E-state index contributed by atoms with van der Waals surface area (Å²) < 4.78 is 55.4. The lowest BCUT2D eigenvalue weighted by molar-refractivity contribution is -0.154. The van der Waals surface area contributed by atoms with Crippen molar-refractivity contribution in [3.05, 3.63) is 53.3 Å². The van der Waals surface area contributed by atoms with Gasteiger partial charge in [-0.1, -0.05) is 32.4 Å². The molecule has 11 heteroatoms. The highest BCUT2D eigenvalue weighted by molar-refractivity contribution is 5.98. The third kappa shape index (κ3) is 8.68. The van der Waals surface area contributed by atoms with Crippen LogP contribution in [0.15, 0.2) is 36.5 Å². The van der Waals surface area contributed by atoms with Gasteiger partial charge in [0, 0.05) is 19.2 Å². The van der Waals surface area contributed by atoms with Crippen molar-refractivity contribution in [3.8, 4) is 11.5 Å². The number of nitrogens with zero attached hydrogens (tertiary/aromatic N) is 1. The average Bonchev–Trinajstić information content (AvgIpc) is 2.93. The molecule has 1 fully saturated rings. The summed E-state index contributed by atoms with van der Waals surface area (Å²) in [6, 6.07) is 5.65. The number of carbonyl (C=O) groups is 3. The molecule has 0 saturated carbocycles. The largest absolute Gasteiger partial charge is 0.493 e. The summed E-state index contributed by atoms with van der Waals surface area (Å²) in [5, 5.41) is 2.68. The Kier molecular flexibility index (Phi) is 10.8. The monoisotopic (exact) mass is 578 g/mol. The summed E-state index contributed by atoms with van der Waals surface area (Å²) in [4.78, 5) is 42.1. The Morgan fingerprint density at radius 2 is 1.83 bits per heavy atom. The van der Waals surface area contributed by atoms with E-state index >= 15 is 0 Å². The molecule has 1 aromatic carbocycles. The predicted octanol–water partition coefficient (Wildman–Crippen LogP) is 5.77. The van der Waals surface area contributed by atoms with Crippen LogP contribution in [0, 0.1) is 17.8 Å². The van der Waals surface area contributed by atoms with Crippen molar-refractivity contribution in [1.82, 2.24) is 10.3 Å². The fourth-order valence-corrected chi connectivity index (χ4v) is 5.32. The number of methoxy groups -OCH3 is 1. The van der Waals surface area contributed by atoms with Crippen molar-refractivity contribution in [1.29, 1.82) is 0 Å². The number of ether oxygens (including phenoxy) is 3. The molecule has 224 valence electrons. The van der Waals surface area contributed by atoms with Gasteiger partial charge < -0.3 is 19.5 Å². The van der Waals surface area contributed by atoms with Crippen molar-refractivity contribution in [3.63, 3.8) is 0 Å². The smallest absolute Gasteiger partial charge is 0.416 e. The molecule has 0 unspecified atom stereocenters. The second-order valence-corrected chi connectivity index (χ2v) is 10.8. The Morgan fingerprint density at radius 3 is 2.41 bits per heavy atom. The predicted molar refractivity (Wildman–Crippen MR) is 144 cm³/mol. The first kappa shape index (κ1) is 31.9. The zero-order chi connectivity index (χ0) is 30.3. The molecule has 4 atom stereocenters. The topological polar surface area (TPSA) is 104 Å². The van der Waals surface area contributed by atoms with Crippen molar-refractivity contribution in [2.75, 3.05) is 7.11 Å². The molecule has 2 heterocycles. The Labute approximate surface area is 238 Å². The van der Waals surface area contributed by atoms with Crippen LogP contribution in [-0.4, -0.2) is 42.1 Å². The number of nitrogens with one attached hydrogen (secondary N) is 1. The molecule has 2 aromatic rings. The molecule has 1 aliphatic rings. The summed E-state index contributed by atoms with van der Waals surface area (Å²) in [6.45, 7) is 7.14. The molecule has 3 rings (SSSR count). The molecule has 41 heavy (non-hydrogen) atoms. The number of halogens is 3. The number of hydrogen-bond acceptors (Lipinski definition) is 7. The van der Waals surface area contributed by atoms with Gasteiger partial charge in [0.2, 0.25) is 5.75 Å². The van der Waals surface area contributed by atoms with Crippen LogP contribution in [0.1, 0.15) is 75.0 Å². The number of carbonyl (C=O) groups excluding carboxylic acids is 3. The van der Waals surface area contributed by atoms with Crippen LogP contribution in [-0.2, 0) is 26.9 Å². The van der Waals surface area contributed by atoms with E-state index < -0.39 is 41.7 Å². The maximum absolute atomic E-state index is 13.2. The third-order valence-corrected chi connectivity index (χ3v) is 7.24. The average molecular weight is 579 g/mol. The minimum Gasteiger partial charge on any atom is -0.493 e. The van der Waals surface area contributed by atoms with Crippen LogP contribution in [0.4, 0.5) is 13.2 Å². The molecule has 1 saturated heterocycles. The van der Waals surface area contributed by atoms with Crippen LogP contribution >= 0.6 is 0 Å². The summed E-state index contributed by atoms with van der Waals surface area (Å²) in [6.07, 6.45) is -0.748. The lowest BCUT2D eigenvalue weighted by Gasteiger charge is -2.32. The Bertz CT molecular complexity index is 1220. The first-order valence-electron chi connectivity index (χ1n) is 13.7. The molecule has 1 amide bonds. The second kappa shape index (κ2) is 13.8. The summed E-state index contributed by atoms with van der Waals surface area (Å²) >= 11 is 0. The van der Waals surface area contributed by atoms with Gasteiger partial charge in [-0.25, -0.2) is 9.78 Å². The van der Waals surface area contributed by atoms with Crippen LogP contribution in [0.25, 0.3) is 0 Å². The van der Waals surface area contributed by atoms with E-state index in [1.54, 1.807) is 0 Å². The van der Waals surface area contributed by atoms with Crippen LogP contribution in [0.5, 0.6) is 11.5 Å². The number of cyclic esters (lactones) is 1. The molecular weight excluding hydrogens is 541 g/mol. The van der Waals surface area contributed by atoms with Crippen molar-refractivity contribution in [2.45, 2.75) is 78.1 Å². The van der Waals surface area contributed by atoms with Gasteiger partial charge in [0.1, 0.15) is 12.1 Å². The normalized spacial score (nSPS) is 21.7. The van der Waals surface area contributed by atoms with Crippen LogP contribution < -0.4 is 14.8 Å². The number of amides is 1. The van der Waals surface area contributed by atoms with Crippen molar-refractivity contribution in [2.24, 2.45) is 17.8 Å². The zero-order valence-electron chi connectivity index (χ0n) is 23.9. The minimum absolute atomic E-state index is 0.0358. The van der Waals surface area contributed by atoms with Gasteiger partial charge in [-0.05, 0) is 68.1 Å². The summed E-state index contributed by atoms with van der Waals surface area (Å²) in [5.41, 5.74) is -0.127. The fraction of sp³-hybridized carbons (Fsp3) is 0.533. The lowest BCUT2D eigenvalue weighted by Crippen LogP contribution is -2.43. The van der Waals surface area contributed by atoms with Gasteiger partial charge in [0.15, 0.2) is 11.4 Å². The van der Waals surface area contributed by atoms with E-state index in [1.165, 1.54) is 38.4 Å². The third-order valence-electron chi connectivity index (χ3n) is 7.24. The highest BCUT2D eigenvalue weighted by Gasteiger charge is 2.36. The van der Waals surface area contributed by atoms with Gasteiger partial charge in [-0.15, -0.1) is 0 Å². The quantitative estimate of drug-likeness (QED) is 0.397. The van der Waals surface area contributed by atoms with E-state index in [2.05, 4.69) is 24.1 Å². The molecular formula is C30H37F3N2O6. The molecule has 1 aromatic heterocycles. The van der Waals surface area contributed by atoms with E-state index in [-0.39, 0.29) is 35.4 Å². The van der Waals surface area contributed by atoms with Gasteiger partial charge in [0.25, 0.3) is 5.91 Å². The summed E-state index contributed by atoms with van der Waals surface area (Å²) in [7, 11) is 1.36. The van der Waals surface area contributed by atoms with Crippen LogP contribution in [0.2, 0.25) is 0 Å². The first-order chi connectivity index (χ1) is 19.3. The molecule has 0 bridgehead atoms. The molecule has 0 radical (unpaired) electrons. The number of aromatic nitrogens is 1. The van der Waals surface area contributed by atoms with E-state index in [0.717, 1.165) is 24.1 Å².